The largest absolute Gasteiger partial charge is 0.435 e. The number of sulfonamides is 1. The molecule has 7 nitrogen and oxygen atoms in total. The summed E-state index contributed by atoms with van der Waals surface area (Å²) >= 11 is 11.5. The van der Waals surface area contributed by atoms with Crippen LogP contribution in [0.3, 0.4) is 0 Å². The van der Waals surface area contributed by atoms with Gasteiger partial charge in [0.2, 0.25) is 0 Å². The molecule has 0 saturated carbocycles. The Morgan fingerprint density at radius 1 is 1.03 bits per heavy atom. The molecule has 152 valence electrons. The van der Waals surface area contributed by atoms with Crippen molar-refractivity contribution in [3.8, 4) is 11.4 Å². The van der Waals surface area contributed by atoms with Crippen LogP contribution in [-0.4, -0.2) is 24.8 Å². The van der Waals surface area contributed by atoms with Crippen LogP contribution in [0.1, 0.15) is 0 Å². The predicted molar refractivity (Wildman–Crippen MR) is 104 cm³/mol. The Labute approximate surface area is 173 Å². The van der Waals surface area contributed by atoms with Gasteiger partial charge in [0, 0.05) is 5.69 Å². The van der Waals surface area contributed by atoms with E-state index in [-0.39, 0.29) is 32.1 Å². The van der Waals surface area contributed by atoms with Crippen LogP contribution >= 0.6 is 23.2 Å². The maximum absolute atomic E-state index is 12.5. The maximum Gasteiger partial charge on any atom is 0.387 e. The molecular weight excluding hydrogens is 451 g/mol. The summed E-state index contributed by atoms with van der Waals surface area (Å²) in [6, 6.07) is 10.2. The number of rotatable bonds is 6. The number of nitrogens with one attached hydrogen (secondary N) is 1. The Balaban J connectivity index is 1.82. The molecule has 0 spiro atoms. The molecule has 1 aromatic heterocycles. The summed E-state index contributed by atoms with van der Waals surface area (Å²) in [5.41, 5.74) is -0.224. The van der Waals surface area contributed by atoms with Gasteiger partial charge in [-0.2, -0.15) is 18.6 Å². The minimum Gasteiger partial charge on any atom is -0.435 e. The molecule has 0 aliphatic heterocycles. The molecule has 0 radical (unpaired) electrons. The zero-order valence-electron chi connectivity index (χ0n) is 14.2. The van der Waals surface area contributed by atoms with E-state index in [0.29, 0.717) is 0 Å². The molecule has 0 aliphatic rings. The van der Waals surface area contributed by atoms with Gasteiger partial charge in [-0.15, -0.1) is 0 Å². The monoisotopic (exact) mass is 461 g/mol. The molecular formula is C17H11Cl2F2N3O4S. The fourth-order valence-corrected chi connectivity index (χ4v) is 3.59. The zero-order valence-corrected chi connectivity index (χ0v) is 16.5. The molecule has 0 atom stereocenters. The fraction of sp³-hybridized carbons (Fsp3) is 0.0588. The molecule has 0 aliphatic carbocycles. The van der Waals surface area contributed by atoms with Crippen molar-refractivity contribution < 1.29 is 21.9 Å². The third kappa shape index (κ3) is 4.84. The lowest BCUT2D eigenvalue weighted by Crippen LogP contribution is -2.21. The predicted octanol–water partition coefficient (Wildman–Crippen LogP) is 3.94. The van der Waals surface area contributed by atoms with Crippen LogP contribution in [0.2, 0.25) is 10.0 Å². The van der Waals surface area contributed by atoms with Crippen LogP contribution < -0.4 is 15.0 Å². The fourth-order valence-electron chi connectivity index (χ4n) is 2.28. The lowest BCUT2D eigenvalue weighted by Gasteiger charge is -2.10. The number of aromatic nitrogens is 2. The first-order valence-electron chi connectivity index (χ1n) is 7.79. The van der Waals surface area contributed by atoms with Gasteiger partial charge in [0.15, 0.2) is 0 Å². The number of benzene rings is 2. The molecule has 3 rings (SSSR count). The molecule has 0 amide bonds. The van der Waals surface area contributed by atoms with E-state index in [4.69, 9.17) is 23.2 Å². The van der Waals surface area contributed by atoms with Gasteiger partial charge >= 0.3 is 6.61 Å². The highest BCUT2D eigenvalue weighted by Crippen LogP contribution is 2.22. The summed E-state index contributed by atoms with van der Waals surface area (Å²) in [6.07, 6.45) is 1.19. The highest BCUT2D eigenvalue weighted by atomic mass is 35.5. The smallest absolute Gasteiger partial charge is 0.387 e. The molecule has 0 unspecified atom stereocenters. The first kappa shape index (κ1) is 21.0. The average molecular weight is 462 g/mol. The van der Waals surface area contributed by atoms with Gasteiger partial charge in [0.25, 0.3) is 15.6 Å². The molecule has 12 heteroatoms. The highest BCUT2D eigenvalue weighted by Gasteiger charge is 2.16. The average Bonchev–Trinajstić information content (AvgIpc) is 2.67. The quantitative estimate of drug-likeness (QED) is 0.600. The lowest BCUT2D eigenvalue weighted by atomic mass is 10.3. The first-order valence-corrected chi connectivity index (χ1v) is 10.0. The van der Waals surface area contributed by atoms with E-state index in [1.807, 2.05) is 0 Å². The van der Waals surface area contributed by atoms with Gasteiger partial charge in [-0.25, -0.2) is 8.42 Å². The molecule has 0 saturated heterocycles. The summed E-state index contributed by atoms with van der Waals surface area (Å²) in [4.78, 5) is 12.0. The van der Waals surface area contributed by atoms with Crippen molar-refractivity contribution in [3.63, 3.8) is 0 Å². The number of halogens is 4. The highest BCUT2D eigenvalue weighted by molar-refractivity contribution is 7.92. The van der Waals surface area contributed by atoms with Gasteiger partial charge in [0.1, 0.15) is 10.8 Å². The maximum atomic E-state index is 12.5. The Bertz CT molecular complexity index is 1180. The third-order valence-corrected chi connectivity index (χ3v) is 5.75. The summed E-state index contributed by atoms with van der Waals surface area (Å²) in [5.74, 6) is -0.105. The van der Waals surface area contributed by atoms with Crippen LogP contribution in [0.4, 0.5) is 14.5 Å². The van der Waals surface area contributed by atoms with E-state index < -0.39 is 22.2 Å². The Kier molecular flexibility index (Phi) is 6.06. The van der Waals surface area contributed by atoms with Crippen LogP contribution in [0, 0.1) is 0 Å². The standard InChI is InChI=1S/C17H11Cl2F2N3O4S/c18-14-9-22-24(16(25)15(14)19)11-3-7-13(8-4-11)29(26,27)23-10-1-5-12(6-2-10)28-17(20)21/h1-9,17,23H. The molecule has 0 fully saturated rings. The van der Waals surface area contributed by atoms with Crippen molar-refractivity contribution in [3.05, 3.63) is 75.1 Å². The second kappa shape index (κ2) is 8.36. The van der Waals surface area contributed by atoms with E-state index in [1.165, 1.54) is 54.7 Å². The molecule has 29 heavy (non-hydrogen) atoms. The van der Waals surface area contributed by atoms with E-state index in [2.05, 4.69) is 14.6 Å². The van der Waals surface area contributed by atoms with Crippen molar-refractivity contribution >= 4 is 38.9 Å². The third-order valence-electron chi connectivity index (χ3n) is 3.60. The number of alkyl halides is 2. The number of hydrogen-bond donors (Lipinski definition) is 1. The Morgan fingerprint density at radius 3 is 2.24 bits per heavy atom. The van der Waals surface area contributed by atoms with Crippen LogP contribution in [0.5, 0.6) is 5.75 Å². The van der Waals surface area contributed by atoms with Crippen LogP contribution in [-0.2, 0) is 10.0 Å². The van der Waals surface area contributed by atoms with Crippen molar-refractivity contribution in [1.29, 1.82) is 0 Å². The first-order chi connectivity index (χ1) is 13.7. The molecule has 3 aromatic rings. The van der Waals surface area contributed by atoms with E-state index in [9.17, 15) is 22.0 Å². The van der Waals surface area contributed by atoms with Gasteiger partial charge in [0.05, 0.1) is 21.8 Å². The van der Waals surface area contributed by atoms with Crippen molar-refractivity contribution in [2.45, 2.75) is 11.5 Å². The summed E-state index contributed by atoms with van der Waals surface area (Å²) in [6.45, 7) is -2.98. The van der Waals surface area contributed by atoms with Gasteiger partial charge < -0.3 is 4.74 Å². The zero-order chi connectivity index (χ0) is 21.2. The normalized spacial score (nSPS) is 11.5. The molecule has 0 bridgehead atoms. The molecule has 1 heterocycles. The summed E-state index contributed by atoms with van der Waals surface area (Å²) in [7, 11) is -3.97. The minimum atomic E-state index is -3.97. The lowest BCUT2D eigenvalue weighted by molar-refractivity contribution is -0.0498. The Morgan fingerprint density at radius 2 is 1.66 bits per heavy atom. The molecule has 2 aromatic carbocycles. The minimum absolute atomic E-state index is 0.00119. The summed E-state index contributed by atoms with van der Waals surface area (Å²) in [5, 5.41) is 3.65. The second-order valence-corrected chi connectivity index (χ2v) is 7.99. The van der Waals surface area contributed by atoms with Gasteiger partial charge in [-0.3, -0.25) is 9.52 Å². The van der Waals surface area contributed by atoms with Gasteiger partial charge in [-0.1, -0.05) is 23.2 Å². The topological polar surface area (TPSA) is 90.3 Å². The van der Waals surface area contributed by atoms with E-state index in [0.717, 1.165) is 4.68 Å². The second-order valence-electron chi connectivity index (χ2n) is 5.53. The van der Waals surface area contributed by atoms with Gasteiger partial charge in [-0.05, 0) is 48.5 Å². The van der Waals surface area contributed by atoms with Crippen LogP contribution in [0.25, 0.3) is 5.69 Å². The number of anilines is 1. The van der Waals surface area contributed by atoms with Crippen molar-refractivity contribution in [1.82, 2.24) is 9.78 Å². The van der Waals surface area contributed by atoms with Crippen molar-refractivity contribution in [2.75, 3.05) is 4.72 Å². The number of ether oxygens (including phenoxy) is 1. The Hall–Kier alpha value is -2.69. The van der Waals surface area contributed by atoms with E-state index in [1.54, 1.807) is 0 Å². The van der Waals surface area contributed by atoms with E-state index >= 15 is 0 Å². The van der Waals surface area contributed by atoms with Crippen molar-refractivity contribution in [2.24, 2.45) is 0 Å². The number of hydrogen-bond acceptors (Lipinski definition) is 5. The number of nitrogens with zero attached hydrogens (tertiary/aromatic N) is 2. The molecule has 1 N–H and O–H groups in total. The SMILES string of the molecule is O=c1c(Cl)c(Cl)cnn1-c1ccc(S(=O)(=O)Nc2ccc(OC(F)F)cc2)cc1. The van der Waals surface area contributed by atoms with Crippen LogP contribution in [0.15, 0.2) is 64.4 Å². The summed E-state index contributed by atoms with van der Waals surface area (Å²) < 4.78 is 56.8.